The second-order valence-electron chi connectivity index (χ2n) is 13.6. The van der Waals surface area contributed by atoms with Crippen molar-refractivity contribution in [2.24, 2.45) is 0 Å². The molecule has 0 unspecified atom stereocenters. The summed E-state index contributed by atoms with van der Waals surface area (Å²) in [4.78, 5) is 2.48. The minimum Gasteiger partial charge on any atom is -0.456 e. The summed E-state index contributed by atoms with van der Waals surface area (Å²) >= 11 is 1.86. The molecule has 0 atom stereocenters. The van der Waals surface area contributed by atoms with Gasteiger partial charge >= 0.3 is 0 Å². The molecule has 0 spiro atoms. The second kappa shape index (κ2) is 11.3. The van der Waals surface area contributed by atoms with Crippen LogP contribution >= 0.6 is 11.3 Å². The number of rotatable bonds is 5. The van der Waals surface area contributed by atoms with E-state index in [0.29, 0.717) is 0 Å². The number of thiophene rings is 1. The first-order valence-electron chi connectivity index (χ1n) is 17.8. The van der Waals surface area contributed by atoms with Crippen LogP contribution in [-0.4, -0.2) is 0 Å². The van der Waals surface area contributed by atoms with Gasteiger partial charge < -0.3 is 9.32 Å². The SMILES string of the molecule is c1ccc(C2(c3ccccc3)c3ccccc3-c3c(N(c4ccc5c(c4)oc4ccccc45)c4cccc5c4sc4ccccc45)cccc32)cc1. The van der Waals surface area contributed by atoms with Crippen LogP contribution in [0.4, 0.5) is 17.1 Å². The van der Waals surface area contributed by atoms with Crippen LogP contribution in [0.3, 0.4) is 0 Å². The Morgan fingerprint density at radius 3 is 1.88 bits per heavy atom. The van der Waals surface area contributed by atoms with Gasteiger partial charge in [-0.2, -0.15) is 0 Å². The smallest absolute Gasteiger partial charge is 0.137 e. The summed E-state index contributed by atoms with van der Waals surface area (Å²) in [6, 6.07) is 68.5. The van der Waals surface area contributed by atoms with Crippen LogP contribution in [0.1, 0.15) is 22.3 Å². The molecule has 1 aliphatic rings. The molecule has 0 saturated carbocycles. The molecule has 0 radical (unpaired) electrons. The number of benzene rings is 8. The lowest BCUT2D eigenvalue weighted by Crippen LogP contribution is -2.28. The summed E-state index contributed by atoms with van der Waals surface area (Å²) in [7, 11) is 0. The molecule has 0 amide bonds. The van der Waals surface area contributed by atoms with Crippen molar-refractivity contribution in [1.29, 1.82) is 0 Å². The maximum Gasteiger partial charge on any atom is 0.137 e. The van der Waals surface area contributed by atoms with Crippen molar-refractivity contribution in [3.05, 3.63) is 210 Å². The minimum absolute atomic E-state index is 0.498. The van der Waals surface area contributed by atoms with E-state index < -0.39 is 5.41 Å². The number of para-hydroxylation sites is 1. The second-order valence-corrected chi connectivity index (χ2v) is 14.6. The lowest BCUT2D eigenvalue weighted by molar-refractivity contribution is 0.669. The first kappa shape index (κ1) is 29.3. The van der Waals surface area contributed by atoms with Gasteiger partial charge in [-0.25, -0.2) is 0 Å². The Kier molecular flexibility index (Phi) is 6.37. The third kappa shape index (κ3) is 4.06. The van der Waals surface area contributed by atoms with Crippen molar-refractivity contribution < 1.29 is 4.42 Å². The van der Waals surface area contributed by atoms with Gasteiger partial charge in [0.25, 0.3) is 0 Å². The van der Waals surface area contributed by atoms with E-state index in [-0.39, 0.29) is 0 Å². The largest absolute Gasteiger partial charge is 0.456 e. The summed E-state index contributed by atoms with van der Waals surface area (Å²) in [5.41, 5.74) is 12.2. The van der Waals surface area contributed by atoms with Crippen molar-refractivity contribution in [1.82, 2.24) is 0 Å². The van der Waals surface area contributed by atoms with Gasteiger partial charge in [0, 0.05) is 43.6 Å². The van der Waals surface area contributed by atoms with Crippen molar-refractivity contribution in [2.75, 3.05) is 4.90 Å². The summed E-state index contributed by atoms with van der Waals surface area (Å²) in [5.74, 6) is 0. The third-order valence-corrected chi connectivity index (χ3v) is 12.2. The summed E-state index contributed by atoms with van der Waals surface area (Å²) < 4.78 is 9.07. The lowest BCUT2D eigenvalue weighted by atomic mass is 9.68. The van der Waals surface area contributed by atoms with E-state index in [2.05, 4.69) is 187 Å². The molecule has 0 saturated heterocycles. The zero-order chi connectivity index (χ0) is 34.2. The Labute approximate surface area is 305 Å². The fraction of sp³-hybridized carbons (Fsp3) is 0.0204. The predicted molar refractivity (Wildman–Crippen MR) is 219 cm³/mol. The van der Waals surface area contributed by atoms with Crippen LogP contribution in [0.15, 0.2) is 192 Å². The summed E-state index contributed by atoms with van der Waals surface area (Å²) in [5, 5.41) is 4.80. The highest BCUT2D eigenvalue weighted by Gasteiger charge is 2.47. The topological polar surface area (TPSA) is 16.4 Å². The molecule has 2 nitrogen and oxygen atoms in total. The number of fused-ring (bicyclic) bond motifs is 9. The van der Waals surface area contributed by atoms with Crippen molar-refractivity contribution in [3.63, 3.8) is 0 Å². The number of hydrogen-bond acceptors (Lipinski definition) is 3. The Bertz CT molecular complexity index is 2930. The standard InChI is InChI=1S/C49H31NOS/c1-3-15-32(16-4-1)49(33-17-5-2-6-18-33)40-23-10-7-21-39(40)47-41(49)24-14-25-42(47)50(34-29-30-36-35-19-8-11-27-44(35)51-45(36)31-34)43-26-13-22-38-37-20-9-12-28-46(37)52-48(38)43/h1-31H. The van der Waals surface area contributed by atoms with Gasteiger partial charge in [-0.15, -0.1) is 11.3 Å². The van der Waals surface area contributed by atoms with Gasteiger partial charge in [-0.05, 0) is 64.2 Å². The van der Waals surface area contributed by atoms with Crippen LogP contribution in [0.25, 0.3) is 53.2 Å². The molecular formula is C49H31NOS. The molecule has 244 valence electrons. The van der Waals surface area contributed by atoms with Gasteiger partial charge in [0.2, 0.25) is 0 Å². The van der Waals surface area contributed by atoms with Crippen LogP contribution in [0, 0.1) is 0 Å². The maximum absolute atomic E-state index is 6.52. The average Bonchev–Trinajstić information content (AvgIpc) is 3.88. The summed E-state index contributed by atoms with van der Waals surface area (Å²) in [6.45, 7) is 0. The highest BCUT2D eigenvalue weighted by atomic mass is 32.1. The van der Waals surface area contributed by atoms with Gasteiger partial charge in [0.1, 0.15) is 11.2 Å². The van der Waals surface area contributed by atoms with E-state index in [1.165, 1.54) is 53.6 Å². The van der Waals surface area contributed by atoms with Crippen LogP contribution < -0.4 is 4.90 Å². The van der Waals surface area contributed by atoms with Crippen molar-refractivity contribution in [3.8, 4) is 11.1 Å². The predicted octanol–water partition coefficient (Wildman–Crippen LogP) is 13.8. The normalized spacial score (nSPS) is 13.2. The van der Waals surface area contributed by atoms with E-state index in [9.17, 15) is 0 Å². The van der Waals surface area contributed by atoms with E-state index in [1.807, 2.05) is 17.4 Å². The molecular weight excluding hydrogens is 651 g/mol. The average molecular weight is 682 g/mol. The molecule has 0 N–H and O–H groups in total. The van der Waals surface area contributed by atoms with Gasteiger partial charge in [-0.1, -0.05) is 146 Å². The highest BCUT2D eigenvalue weighted by molar-refractivity contribution is 7.26. The number of furan rings is 1. The van der Waals surface area contributed by atoms with E-state index in [1.54, 1.807) is 0 Å². The lowest BCUT2D eigenvalue weighted by Gasteiger charge is -2.34. The molecule has 2 heterocycles. The molecule has 8 aromatic carbocycles. The number of hydrogen-bond donors (Lipinski definition) is 0. The van der Waals surface area contributed by atoms with Gasteiger partial charge in [-0.3, -0.25) is 0 Å². The third-order valence-electron chi connectivity index (χ3n) is 10.9. The minimum atomic E-state index is -0.498. The molecule has 0 aliphatic heterocycles. The Hall–Kier alpha value is -6.42. The number of anilines is 3. The maximum atomic E-state index is 6.52. The zero-order valence-electron chi connectivity index (χ0n) is 28.2. The highest BCUT2D eigenvalue weighted by Crippen LogP contribution is 2.60. The molecule has 0 bridgehead atoms. The summed E-state index contributed by atoms with van der Waals surface area (Å²) in [6.07, 6.45) is 0. The number of nitrogens with zero attached hydrogens (tertiary/aromatic N) is 1. The van der Waals surface area contributed by atoms with E-state index >= 15 is 0 Å². The van der Waals surface area contributed by atoms with Crippen molar-refractivity contribution >= 4 is 70.5 Å². The first-order chi connectivity index (χ1) is 25.8. The van der Waals surface area contributed by atoms with E-state index in [4.69, 9.17) is 4.42 Å². The van der Waals surface area contributed by atoms with Crippen molar-refractivity contribution in [2.45, 2.75) is 5.41 Å². The quantitative estimate of drug-likeness (QED) is 0.180. The van der Waals surface area contributed by atoms with Gasteiger partial charge in [0.05, 0.1) is 21.5 Å². The Morgan fingerprint density at radius 1 is 0.442 bits per heavy atom. The van der Waals surface area contributed by atoms with Crippen LogP contribution in [-0.2, 0) is 5.41 Å². The van der Waals surface area contributed by atoms with Gasteiger partial charge in [0.15, 0.2) is 0 Å². The first-order valence-corrected chi connectivity index (χ1v) is 18.6. The Balaban J connectivity index is 1.26. The molecule has 11 rings (SSSR count). The molecule has 10 aromatic rings. The fourth-order valence-electron chi connectivity index (χ4n) is 8.83. The molecule has 3 heteroatoms. The fourth-order valence-corrected chi connectivity index (χ4v) is 10.0. The van der Waals surface area contributed by atoms with E-state index in [0.717, 1.165) is 39.0 Å². The molecule has 0 fully saturated rings. The van der Waals surface area contributed by atoms with Crippen LogP contribution in [0.5, 0.6) is 0 Å². The molecule has 1 aliphatic carbocycles. The zero-order valence-corrected chi connectivity index (χ0v) is 29.0. The molecule has 52 heavy (non-hydrogen) atoms. The molecule has 2 aromatic heterocycles. The Morgan fingerprint density at radius 2 is 1.06 bits per heavy atom. The monoisotopic (exact) mass is 681 g/mol. The van der Waals surface area contributed by atoms with Crippen LogP contribution in [0.2, 0.25) is 0 Å².